The molecule has 4 nitrogen and oxygen atoms in total. The smallest absolute Gasteiger partial charge is 0.0979 e. The van der Waals surface area contributed by atoms with E-state index in [0.29, 0.717) is 0 Å². The second-order valence-corrected chi connectivity index (χ2v) is 8.48. The molecule has 0 aromatic heterocycles. The van der Waals surface area contributed by atoms with Crippen LogP contribution in [0.3, 0.4) is 0 Å². The van der Waals surface area contributed by atoms with Gasteiger partial charge in [-0.1, -0.05) is 19.0 Å². The Labute approximate surface area is 140 Å². The first-order chi connectivity index (χ1) is 10.7. The van der Waals surface area contributed by atoms with Crippen LogP contribution in [-0.2, 0) is 0 Å². The number of piperazine rings is 2. The normalized spacial score (nSPS) is 21.4. The Morgan fingerprint density at radius 2 is 1.09 bits per heavy atom. The van der Waals surface area contributed by atoms with Gasteiger partial charge in [0.05, 0.1) is 5.82 Å². The van der Waals surface area contributed by atoms with E-state index in [1.807, 2.05) is 0 Å². The zero-order valence-corrected chi connectivity index (χ0v) is 17.3. The molecule has 0 unspecified atom stereocenters. The maximum absolute atomic E-state index is 2.67. The molecule has 2 aliphatic rings. The molecule has 22 heavy (non-hydrogen) atoms. The van der Waals surface area contributed by atoms with Gasteiger partial charge in [-0.15, -0.1) is 0 Å². The molecule has 2 aliphatic heterocycles. The molecule has 0 aromatic rings. The minimum atomic E-state index is 1.18. The summed E-state index contributed by atoms with van der Waals surface area (Å²) in [5.41, 5.74) is 0. The molecule has 0 radical (unpaired) electrons. The van der Waals surface area contributed by atoms with E-state index in [-0.39, 0.29) is 0 Å². The second-order valence-electron chi connectivity index (χ2n) is 6.98. The molecule has 2 fully saturated rings. The summed E-state index contributed by atoms with van der Waals surface area (Å²) in [4.78, 5) is 10.6. The first kappa shape index (κ1) is 17.8. The summed E-state index contributed by atoms with van der Waals surface area (Å²) < 4.78 is 0. The largest absolute Gasteiger partial charge is 0.356 e. The van der Waals surface area contributed by atoms with E-state index in [9.17, 15) is 0 Å². The summed E-state index contributed by atoms with van der Waals surface area (Å²) in [5, 5.41) is 1.62. The number of allylic oxidation sites excluding steroid dienone is 1. The SMILES string of the molecule is CCCN1CCN(C(=C(C)[SiH3])N2CCN(CCC)CC2)CC1. The maximum atomic E-state index is 2.67. The number of nitrogens with zero attached hydrogens (tertiary/aromatic N) is 4. The van der Waals surface area contributed by atoms with Crippen molar-refractivity contribution < 1.29 is 0 Å². The molecule has 0 spiro atoms. The van der Waals surface area contributed by atoms with Crippen LogP contribution in [0.15, 0.2) is 11.0 Å². The van der Waals surface area contributed by atoms with Gasteiger partial charge in [-0.2, -0.15) is 0 Å². The predicted octanol–water partition coefficient (Wildman–Crippen LogP) is 0.596. The molecule has 0 saturated carbocycles. The van der Waals surface area contributed by atoms with Crippen molar-refractivity contribution in [2.24, 2.45) is 0 Å². The molecule has 0 N–H and O–H groups in total. The molecule has 2 heterocycles. The van der Waals surface area contributed by atoms with Crippen molar-refractivity contribution in [2.45, 2.75) is 33.6 Å². The van der Waals surface area contributed by atoms with Gasteiger partial charge in [0.25, 0.3) is 0 Å². The third-order valence-electron chi connectivity index (χ3n) is 4.87. The summed E-state index contributed by atoms with van der Waals surface area (Å²) in [6.07, 6.45) is 2.56. The van der Waals surface area contributed by atoms with E-state index in [1.54, 1.807) is 11.0 Å². The summed E-state index contributed by atoms with van der Waals surface area (Å²) in [5.74, 6) is 1.58. The lowest BCUT2D eigenvalue weighted by atomic mass is 10.2. The quantitative estimate of drug-likeness (QED) is 0.663. The van der Waals surface area contributed by atoms with Crippen molar-refractivity contribution in [2.75, 3.05) is 65.4 Å². The number of rotatable bonds is 6. The second kappa shape index (κ2) is 8.94. The van der Waals surface area contributed by atoms with E-state index < -0.39 is 0 Å². The van der Waals surface area contributed by atoms with Gasteiger partial charge in [0.1, 0.15) is 0 Å². The van der Waals surface area contributed by atoms with Crippen molar-refractivity contribution >= 4 is 10.2 Å². The zero-order valence-electron chi connectivity index (χ0n) is 15.3. The number of hydrogen-bond acceptors (Lipinski definition) is 4. The molecule has 0 aromatic carbocycles. The molecule has 0 amide bonds. The molecule has 0 aliphatic carbocycles. The topological polar surface area (TPSA) is 13.0 Å². The summed E-state index contributed by atoms with van der Waals surface area (Å²) >= 11 is 0. The van der Waals surface area contributed by atoms with Crippen LogP contribution in [0.25, 0.3) is 0 Å². The predicted molar refractivity (Wildman–Crippen MR) is 99.2 cm³/mol. The van der Waals surface area contributed by atoms with Crippen LogP contribution in [0.1, 0.15) is 33.6 Å². The Kier molecular flexibility index (Phi) is 7.24. The van der Waals surface area contributed by atoms with Gasteiger partial charge in [0.2, 0.25) is 0 Å². The highest BCUT2D eigenvalue weighted by Crippen LogP contribution is 2.19. The van der Waals surface area contributed by atoms with Crippen LogP contribution in [-0.4, -0.2) is 95.3 Å². The maximum Gasteiger partial charge on any atom is 0.0979 e. The van der Waals surface area contributed by atoms with Gasteiger partial charge >= 0.3 is 0 Å². The van der Waals surface area contributed by atoms with E-state index in [0.717, 1.165) is 0 Å². The lowest BCUT2D eigenvalue weighted by Gasteiger charge is -2.45. The fraction of sp³-hybridized carbons (Fsp3) is 0.882. The first-order valence-corrected chi connectivity index (χ1v) is 10.3. The zero-order chi connectivity index (χ0) is 15.9. The van der Waals surface area contributed by atoms with E-state index in [2.05, 4.69) is 40.4 Å². The van der Waals surface area contributed by atoms with Gasteiger partial charge in [-0.05, 0) is 32.9 Å². The standard InChI is InChI=1S/C17H36N4Si/c1-4-6-18-8-12-20(13-9-18)17(16(3)22)21-14-10-19(7-5-2)11-15-21/h4-15H2,1-3,22H3. The Hall–Kier alpha value is -0.523. The monoisotopic (exact) mass is 324 g/mol. The summed E-state index contributed by atoms with van der Waals surface area (Å²) in [6.45, 7) is 19.3. The molecule has 5 heteroatoms. The van der Waals surface area contributed by atoms with Crippen LogP contribution in [0.5, 0.6) is 0 Å². The lowest BCUT2D eigenvalue weighted by molar-refractivity contribution is 0.0904. The highest BCUT2D eigenvalue weighted by Gasteiger charge is 2.25. The van der Waals surface area contributed by atoms with E-state index in [4.69, 9.17) is 0 Å². The average molecular weight is 325 g/mol. The van der Waals surface area contributed by atoms with Gasteiger partial charge in [0.15, 0.2) is 0 Å². The van der Waals surface area contributed by atoms with Crippen molar-refractivity contribution in [3.63, 3.8) is 0 Å². The van der Waals surface area contributed by atoms with Crippen LogP contribution >= 0.6 is 0 Å². The Morgan fingerprint density at radius 3 is 1.36 bits per heavy atom. The highest BCUT2D eigenvalue weighted by atomic mass is 28.1. The highest BCUT2D eigenvalue weighted by molar-refractivity contribution is 6.21. The minimum absolute atomic E-state index is 1.18. The van der Waals surface area contributed by atoms with Crippen molar-refractivity contribution in [3.8, 4) is 0 Å². The van der Waals surface area contributed by atoms with Crippen LogP contribution in [0.4, 0.5) is 0 Å². The third-order valence-corrected chi connectivity index (χ3v) is 5.32. The Balaban J connectivity index is 1.91. The Morgan fingerprint density at radius 1 is 0.727 bits per heavy atom. The van der Waals surface area contributed by atoms with Crippen LogP contribution in [0.2, 0.25) is 0 Å². The average Bonchev–Trinajstić information content (AvgIpc) is 2.51. The van der Waals surface area contributed by atoms with Gasteiger partial charge in [-0.25, -0.2) is 0 Å². The van der Waals surface area contributed by atoms with Crippen LogP contribution in [0, 0.1) is 0 Å². The summed E-state index contributed by atoms with van der Waals surface area (Å²) in [7, 11) is 1.18. The minimum Gasteiger partial charge on any atom is -0.356 e. The molecule has 2 rings (SSSR count). The fourth-order valence-electron chi connectivity index (χ4n) is 3.83. The van der Waals surface area contributed by atoms with Gasteiger partial charge in [-0.3, -0.25) is 9.80 Å². The number of hydrogen-bond donors (Lipinski definition) is 0. The summed E-state index contributed by atoms with van der Waals surface area (Å²) in [6, 6.07) is 0. The third kappa shape index (κ3) is 4.73. The van der Waals surface area contributed by atoms with E-state index >= 15 is 0 Å². The van der Waals surface area contributed by atoms with Gasteiger partial charge in [0, 0.05) is 62.6 Å². The molecule has 128 valence electrons. The fourth-order valence-corrected chi connectivity index (χ4v) is 4.46. The van der Waals surface area contributed by atoms with E-state index in [1.165, 1.54) is 88.5 Å². The molecule has 0 bridgehead atoms. The lowest BCUT2D eigenvalue weighted by Crippen LogP contribution is -2.53. The Bertz CT molecular complexity index is 324. The molecular formula is C17H36N4Si. The van der Waals surface area contributed by atoms with Crippen molar-refractivity contribution in [1.82, 2.24) is 19.6 Å². The molecular weight excluding hydrogens is 288 g/mol. The van der Waals surface area contributed by atoms with Gasteiger partial charge < -0.3 is 9.80 Å². The van der Waals surface area contributed by atoms with Crippen LogP contribution < -0.4 is 0 Å². The van der Waals surface area contributed by atoms with Crippen molar-refractivity contribution in [3.05, 3.63) is 11.0 Å². The first-order valence-electron chi connectivity index (χ1n) is 9.27. The molecule has 2 saturated heterocycles. The van der Waals surface area contributed by atoms with Crippen molar-refractivity contribution in [1.29, 1.82) is 0 Å². The molecule has 0 atom stereocenters.